The van der Waals surface area contributed by atoms with Gasteiger partial charge in [0, 0.05) is 0 Å². The zero-order valence-corrected chi connectivity index (χ0v) is 13.9. The molecule has 0 atom stereocenters. The van der Waals surface area contributed by atoms with Gasteiger partial charge >= 0.3 is 5.97 Å². The third-order valence-electron chi connectivity index (χ3n) is 3.62. The second kappa shape index (κ2) is 7.61. The first-order valence-electron chi connectivity index (χ1n) is 7.87. The Balaban J connectivity index is 1.83. The Morgan fingerprint density at radius 3 is 2.54 bits per heavy atom. The van der Waals surface area contributed by atoms with Crippen LogP contribution in [0.2, 0.25) is 0 Å². The third-order valence-corrected chi connectivity index (χ3v) is 3.62. The number of rotatable bonds is 5. The number of ketones is 1. The molecular weight excluding hydrogens is 335 g/mol. The summed E-state index contributed by atoms with van der Waals surface area (Å²) in [6.45, 7) is 1.83. The molecule has 0 saturated carbocycles. The van der Waals surface area contributed by atoms with Crippen LogP contribution in [0.15, 0.2) is 71.4 Å². The Morgan fingerprint density at radius 1 is 1.08 bits per heavy atom. The largest absolute Gasteiger partial charge is 0.457 e. The lowest BCUT2D eigenvalue weighted by Crippen LogP contribution is -2.10. The van der Waals surface area contributed by atoms with Crippen LogP contribution in [-0.4, -0.2) is 11.8 Å². The van der Waals surface area contributed by atoms with Gasteiger partial charge in [-0.15, -0.1) is 0 Å². The fraction of sp³-hybridized carbons (Fsp3) is 0.0476. The molecule has 0 radical (unpaired) electrons. The maximum Gasteiger partial charge on any atom is 0.379 e. The van der Waals surface area contributed by atoms with Crippen molar-refractivity contribution in [3.05, 3.63) is 95.2 Å². The van der Waals surface area contributed by atoms with Crippen LogP contribution in [0, 0.1) is 12.7 Å². The minimum Gasteiger partial charge on any atom is -0.457 e. The van der Waals surface area contributed by atoms with Crippen molar-refractivity contribution >= 4 is 17.8 Å². The van der Waals surface area contributed by atoms with Crippen LogP contribution < -0.4 is 4.74 Å². The second-order valence-corrected chi connectivity index (χ2v) is 5.62. The molecule has 0 amide bonds. The van der Waals surface area contributed by atoms with E-state index in [1.165, 1.54) is 30.5 Å². The predicted molar refractivity (Wildman–Crippen MR) is 94.6 cm³/mol. The van der Waals surface area contributed by atoms with E-state index < -0.39 is 5.97 Å². The van der Waals surface area contributed by atoms with Crippen molar-refractivity contribution in [3.8, 4) is 5.75 Å². The van der Waals surface area contributed by atoms with Gasteiger partial charge in [0.25, 0.3) is 0 Å². The molecule has 5 heteroatoms. The Hall–Kier alpha value is -3.47. The van der Waals surface area contributed by atoms with Crippen molar-refractivity contribution in [2.75, 3.05) is 0 Å². The summed E-state index contributed by atoms with van der Waals surface area (Å²) < 4.78 is 23.2. The molecule has 0 aliphatic rings. The molecule has 0 unspecified atom stereocenters. The normalized spacial score (nSPS) is 10.8. The van der Waals surface area contributed by atoms with Gasteiger partial charge in [-0.1, -0.05) is 29.8 Å². The second-order valence-electron chi connectivity index (χ2n) is 5.62. The maximum atomic E-state index is 12.9. The van der Waals surface area contributed by atoms with E-state index in [-0.39, 0.29) is 28.7 Å². The number of hydrogen-bond donors (Lipinski definition) is 0. The lowest BCUT2D eigenvalue weighted by Gasteiger charge is -2.08. The van der Waals surface area contributed by atoms with Crippen LogP contribution in [0.1, 0.15) is 32.0 Å². The number of esters is 1. The van der Waals surface area contributed by atoms with Crippen molar-refractivity contribution < 1.29 is 23.1 Å². The van der Waals surface area contributed by atoms with Gasteiger partial charge in [-0.3, -0.25) is 4.79 Å². The van der Waals surface area contributed by atoms with Gasteiger partial charge in [0.1, 0.15) is 11.6 Å². The molecule has 26 heavy (non-hydrogen) atoms. The Morgan fingerprint density at radius 2 is 1.85 bits per heavy atom. The molecule has 0 fully saturated rings. The summed E-state index contributed by atoms with van der Waals surface area (Å²) in [5.74, 6) is -1.17. The van der Waals surface area contributed by atoms with Crippen molar-refractivity contribution in [2.45, 2.75) is 6.92 Å². The predicted octanol–water partition coefficient (Wildman–Crippen LogP) is 4.84. The number of halogens is 1. The fourth-order valence-corrected chi connectivity index (χ4v) is 2.31. The maximum absolute atomic E-state index is 12.9. The lowest BCUT2D eigenvalue weighted by atomic mass is 10.1. The molecule has 1 heterocycles. The van der Waals surface area contributed by atoms with Gasteiger partial charge < -0.3 is 9.15 Å². The first-order valence-corrected chi connectivity index (χ1v) is 7.87. The smallest absolute Gasteiger partial charge is 0.379 e. The zero-order valence-electron chi connectivity index (χ0n) is 13.9. The lowest BCUT2D eigenvalue weighted by molar-refractivity contribution is 0.0699. The van der Waals surface area contributed by atoms with E-state index in [4.69, 9.17) is 9.15 Å². The van der Waals surface area contributed by atoms with Crippen LogP contribution in [0.25, 0.3) is 6.08 Å². The highest BCUT2D eigenvalue weighted by molar-refractivity contribution is 6.09. The van der Waals surface area contributed by atoms with Crippen LogP contribution in [0.3, 0.4) is 0 Å². The van der Waals surface area contributed by atoms with Crippen LogP contribution in [0.5, 0.6) is 5.75 Å². The summed E-state index contributed by atoms with van der Waals surface area (Å²) in [6.07, 6.45) is 4.29. The molecule has 0 N–H and O–H groups in total. The summed E-state index contributed by atoms with van der Waals surface area (Å²) in [7, 11) is 0. The minimum atomic E-state index is -0.685. The average Bonchev–Trinajstić information content (AvgIpc) is 3.17. The first kappa shape index (κ1) is 17.4. The van der Waals surface area contributed by atoms with Gasteiger partial charge in [-0.25, -0.2) is 9.18 Å². The number of carbonyl (C=O) groups is 2. The standard InChI is InChI=1S/C21H15FO4/c1-14-4-11-19(26-21(24)20-3-2-12-25-20)17(13-14)18(23)10-7-15-5-8-16(22)9-6-15/h2-13H,1H3. The summed E-state index contributed by atoms with van der Waals surface area (Å²) in [5, 5.41) is 0. The number of ether oxygens (including phenoxy) is 1. The van der Waals surface area contributed by atoms with Gasteiger partial charge in [-0.05, 0) is 55.0 Å². The molecule has 4 nitrogen and oxygen atoms in total. The van der Waals surface area contributed by atoms with Crippen LogP contribution >= 0.6 is 0 Å². The van der Waals surface area contributed by atoms with E-state index >= 15 is 0 Å². The Bertz CT molecular complexity index is 954. The molecule has 0 saturated heterocycles. The van der Waals surface area contributed by atoms with E-state index in [0.717, 1.165) is 5.56 Å². The van der Waals surface area contributed by atoms with E-state index in [9.17, 15) is 14.0 Å². The van der Waals surface area contributed by atoms with Crippen molar-refractivity contribution in [3.63, 3.8) is 0 Å². The van der Waals surface area contributed by atoms with E-state index in [2.05, 4.69) is 0 Å². The summed E-state index contributed by atoms with van der Waals surface area (Å²) >= 11 is 0. The molecule has 0 spiro atoms. The van der Waals surface area contributed by atoms with Gasteiger partial charge in [-0.2, -0.15) is 0 Å². The number of furan rings is 1. The highest BCUT2D eigenvalue weighted by Gasteiger charge is 2.17. The average molecular weight is 350 g/mol. The summed E-state index contributed by atoms with van der Waals surface area (Å²) in [6, 6.07) is 13.7. The topological polar surface area (TPSA) is 56.5 Å². The molecule has 2 aromatic carbocycles. The molecule has 3 aromatic rings. The SMILES string of the molecule is Cc1ccc(OC(=O)c2ccco2)c(C(=O)C=Cc2ccc(F)cc2)c1. The summed E-state index contributed by atoms with van der Waals surface area (Å²) in [5.41, 5.74) is 1.78. The number of allylic oxidation sites excluding steroid dienone is 1. The molecule has 1 aromatic heterocycles. The van der Waals surface area contributed by atoms with Crippen LogP contribution in [-0.2, 0) is 0 Å². The fourth-order valence-electron chi connectivity index (χ4n) is 2.31. The van der Waals surface area contributed by atoms with Gasteiger partial charge in [0.05, 0.1) is 11.8 Å². The Labute approximate surface area is 149 Å². The zero-order chi connectivity index (χ0) is 18.5. The molecular formula is C21H15FO4. The van der Waals surface area contributed by atoms with Crippen molar-refractivity contribution in [1.82, 2.24) is 0 Å². The number of aryl methyl sites for hydroxylation is 1. The van der Waals surface area contributed by atoms with Crippen molar-refractivity contribution in [2.24, 2.45) is 0 Å². The molecule has 130 valence electrons. The molecule has 0 aliphatic heterocycles. The highest BCUT2D eigenvalue weighted by Crippen LogP contribution is 2.23. The molecule has 0 aliphatic carbocycles. The van der Waals surface area contributed by atoms with Crippen LogP contribution in [0.4, 0.5) is 4.39 Å². The number of hydrogen-bond acceptors (Lipinski definition) is 4. The monoisotopic (exact) mass is 350 g/mol. The molecule has 3 rings (SSSR count). The van der Waals surface area contributed by atoms with Gasteiger partial charge in [0.15, 0.2) is 5.78 Å². The highest BCUT2D eigenvalue weighted by atomic mass is 19.1. The Kier molecular flexibility index (Phi) is 5.08. The number of carbonyl (C=O) groups excluding carboxylic acids is 2. The van der Waals surface area contributed by atoms with Crippen molar-refractivity contribution in [1.29, 1.82) is 0 Å². The van der Waals surface area contributed by atoms with Gasteiger partial charge in [0.2, 0.25) is 5.76 Å². The van der Waals surface area contributed by atoms with E-state index in [1.54, 1.807) is 42.5 Å². The van der Waals surface area contributed by atoms with E-state index in [0.29, 0.717) is 5.56 Å². The molecule has 0 bridgehead atoms. The van der Waals surface area contributed by atoms with E-state index in [1.807, 2.05) is 6.92 Å². The first-order chi connectivity index (χ1) is 12.5. The third kappa shape index (κ3) is 4.13. The number of benzene rings is 2. The summed E-state index contributed by atoms with van der Waals surface area (Å²) in [4.78, 5) is 24.6. The quantitative estimate of drug-likeness (QED) is 0.286. The minimum absolute atomic E-state index is 0.0471.